The largest absolute Gasteiger partial charge is 0.445 e. The van der Waals surface area contributed by atoms with Gasteiger partial charge in [0.25, 0.3) is 0 Å². The smallest absolute Gasteiger partial charge is 0.410 e. The Kier molecular flexibility index (Phi) is 8.23. The minimum absolute atomic E-state index is 0.0876. The van der Waals surface area contributed by atoms with Crippen LogP contribution in [0.3, 0.4) is 0 Å². The molecule has 1 unspecified atom stereocenters. The van der Waals surface area contributed by atoms with Crippen LogP contribution in [0, 0.1) is 19.7 Å². The molecule has 0 saturated carbocycles. The second-order valence-electron chi connectivity index (χ2n) is 13.7. The summed E-state index contributed by atoms with van der Waals surface area (Å²) >= 11 is 0. The highest BCUT2D eigenvalue weighted by Gasteiger charge is 2.52. The third-order valence-corrected chi connectivity index (χ3v) is 8.97. The zero-order chi connectivity index (χ0) is 33.7. The molecule has 1 fully saturated rings. The number of H-pyrrole nitrogens is 1. The Morgan fingerprint density at radius 2 is 1.79 bits per heavy atom. The van der Waals surface area contributed by atoms with Crippen LogP contribution in [0.5, 0.6) is 0 Å². The summed E-state index contributed by atoms with van der Waals surface area (Å²) in [5, 5.41) is 5.18. The predicted molar refractivity (Wildman–Crippen MR) is 173 cm³/mol. The number of aryl methyl sites for hydroxylation is 2. The molecule has 0 bridgehead atoms. The third kappa shape index (κ3) is 6.04. The number of aromatic amines is 1. The summed E-state index contributed by atoms with van der Waals surface area (Å²) < 4.78 is 29.5. The monoisotopic (exact) mass is 644 g/mol. The molecule has 2 aliphatic heterocycles. The van der Waals surface area contributed by atoms with Gasteiger partial charge in [-0.05, 0) is 83.2 Å². The number of carbonyl (C=O) groups is 2. The maximum atomic E-state index is 14.8. The molecule has 0 radical (unpaired) electrons. The van der Waals surface area contributed by atoms with Crippen molar-refractivity contribution in [3.63, 3.8) is 0 Å². The Balaban J connectivity index is 1.52. The molecule has 248 valence electrons. The van der Waals surface area contributed by atoms with Gasteiger partial charge in [0.15, 0.2) is 0 Å². The van der Waals surface area contributed by atoms with Crippen LogP contribution in [-0.2, 0) is 21.5 Å². The van der Waals surface area contributed by atoms with Crippen LogP contribution in [0.25, 0.3) is 11.5 Å². The number of carbonyl (C=O) groups excluding carboxylic acids is 2. The van der Waals surface area contributed by atoms with Gasteiger partial charge in [-0.2, -0.15) is 5.10 Å². The van der Waals surface area contributed by atoms with E-state index in [-0.39, 0.29) is 25.5 Å². The summed E-state index contributed by atoms with van der Waals surface area (Å²) in [6.07, 6.45) is 3.44. The van der Waals surface area contributed by atoms with Gasteiger partial charge in [0.2, 0.25) is 0 Å². The van der Waals surface area contributed by atoms with Gasteiger partial charge in [0.1, 0.15) is 23.8 Å². The molecule has 1 N–H and O–H groups in total. The summed E-state index contributed by atoms with van der Waals surface area (Å²) in [5.41, 5.74) is 1.72. The third-order valence-electron chi connectivity index (χ3n) is 8.97. The number of piperidine rings is 1. The normalized spacial score (nSPS) is 19.5. The van der Waals surface area contributed by atoms with E-state index in [2.05, 4.69) is 4.98 Å². The number of imidazole rings is 1. The Morgan fingerprint density at radius 3 is 2.43 bits per heavy atom. The van der Waals surface area contributed by atoms with Gasteiger partial charge in [-0.25, -0.2) is 23.5 Å². The van der Waals surface area contributed by atoms with Crippen molar-refractivity contribution in [1.29, 1.82) is 0 Å². The van der Waals surface area contributed by atoms with Crippen LogP contribution >= 0.6 is 0 Å². The number of halogens is 1. The number of fused-ring (bicyclic) bond motifs is 2. The Morgan fingerprint density at radius 1 is 1.09 bits per heavy atom. The standard InChI is InChI=1S/C35H41FN6O5/c1-22-17-26(18-23(2)28(22)36)42-30(40-16-14-37-31(40)43)27-24(3)41(33(45)46-19-25-11-8-7-9-12-25)21-35(29(27)38-42)13-10-15-39(20-35)32(44)47-34(4,5)6/h7-9,11-12,14,16-18,24H,10,13,15,19-21H2,1-6H3,(H,37,43)/t24-,35?/m0/s1. The number of aromatic nitrogens is 4. The highest BCUT2D eigenvalue weighted by molar-refractivity contribution is 5.71. The fourth-order valence-electron chi connectivity index (χ4n) is 6.80. The number of amides is 2. The maximum absolute atomic E-state index is 14.8. The Hall–Kier alpha value is -4.87. The molecule has 2 amide bonds. The zero-order valence-corrected chi connectivity index (χ0v) is 27.7. The molecular weight excluding hydrogens is 603 g/mol. The second-order valence-corrected chi connectivity index (χ2v) is 13.7. The molecule has 1 spiro atoms. The lowest BCUT2D eigenvalue weighted by Crippen LogP contribution is -2.58. The van der Waals surface area contributed by atoms with Crippen molar-refractivity contribution in [3.8, 4) is 11.5 Å². The van der Waals surface area contributed by atoms with Gasteiger partial charge in [-0.15, -0.1) is 0 Å². The van der Waals surface area contributed by atoms with E-state index in [0.717, 1.165) is 5.56 Å². The molecule has 4 heterocycles. The van der Waals surface area contributed by atoms with Gasteiger partial charge in [-0.1, -0.05) is 30.3 Å². The van der Waals surface area contributed by atoms with E-state index in [0.29, 0.717) is 53.3 Å². The molecule has 2 aliphatic rings. The molecular formula is C35H41FN6O5. The number of nitrogens with zero attached hydrogens (tertiary/aromatic N) is 5. The van der Waals surface area contributed by atoms with E-state index in [1.54, 1.807) is 46.7 Å². The molecule has 2 atom stereocenters. The molecule has 11 nitrogen and oxygen atoms in total. The quantitative estimate of drug-likeness (QED) is 0.288. The Labute approximate surface area is 272 Å². The van der Waals surface area contributed by atoms with Crippen LogP contribution in [0.15, 0.2) is 59.7 Å². The summed E-state index contributed by atoms with van der Waals surface area (Å²) in [7, 11) is 0. The first-order chi connectivity index (χ1) is 22.3. The number of hydrogen-bond donors (Lipinski definition) is 1. The highest BCUT2D eigenvalue weighted by Crippen LogP contribution is 2.47. The number of ether oxygens (including phenoxy) is 2. The van der Waals surface area contributed by atoms with E-state index < -0.39 is 34.9 Å². The van der Waals surface area contributed by atoms with Crippen LogP contribution < -0.4 is 5.69 Å². The van der Waals surface area contributed by atoms with Gasteiger partial charge < -0.3 is 24.3 Å². The van der Waals surface area contributed by atoms with E-state index in [9.17, 15) is 18.8 Å². The summed E-state index contributed by atoms with van der Waals surface area (Å²) in [4.78, 5) is 46.6. The predicted octanol–water partition coefficient (Wildman–Crippen LogP) is 6.09. The molecule has 12 heteroatoms. The lowest BCUT2D eigenvalue weighted by Gasteiger charge is -2.48. The zero-order valence-electron chi connectivity index (χ0n) is 27.7. The van der Waals surface area contributed by atoms with Crippen molar-refractivity contribution in [2.45, 2.75) is 78.0 Å². The number of hydrogen-bond acceptors (Lipinski definition) is 6. The van der Waals surface area contributed by atoms with Crippen LogP contribution in [-0.4, -0.2) is 66.6 Å². The van der Waals surface area contributed by atoms with Gasteiger partial charge in [0.05, 0.1) is 22.8 Å². The minimum Gasteiger partial charge on any atom is -0.445 e. The topological polar surface area (TPSA) is 115 Å². The van der Waals surface area contributed by atoms with Crippen molar-refractivity contribution in [1.82, 2.24) is 29.1 Å². The Bertz CT molecular complexity index is 1850. The second kappa shape index (κ2) is 12.1. The maximum Gasteiger partial charge on any atom is 0.410 e. The molecule has 0 aliphatic carbocycles. The first-order valence-electron chi connectivity index (χ1n) is 15.9. The van der Waals surface area contributed by atoms with E-state index in [1.807, 2.05) is 58.0 Å². The summed E-state index contributed by atoms with van der Waals surface area (Å²) in [5.74, 6) is 0.113. The van der Waals surface area contributed by atoms with Crippen molar-refractivity contribution in [3.05, 3.63) is 99.1 Å². The minimum atomic E-state index is -0.813. The van der Waals surface area contributed by atoms with Crippen molar-refractivity contribution >= 4 is 12.2 Å². The lowest BCUT2D eigenvalue weighted by molar-refractivity contribution is 0.00442. The highest BCUT2D eigenvalue weighted by atomic mass is 19.1. The average Bonchev–Trinajstić information content (AvgIpc) is 3.64. The number of benzene rings is 2. The fraction of sp³-hybridized carbons (Fsp3) is 0.429. The molecule has 4 aromatic rings. The van der Waals surface area contributed by atoms with Crippen molar-refractivity contribution < 1.29 is 23.5 Å². The molecule has 47 heavy (non-hydrogen) atoms. The molecule has 6 rings (SSSR count). The number of rotatable bonds is 4. The lowest BCUT2D eigenvalue weighted by atomic mass is 9.71. The number of likely N-dealkylation sites (tertiary alicyclic amines) is 1. The van der Waals surface area contributed by atoms with Gasteiger partial charge >= 0.3 is 17.9 Å². The van der Waals surface area contributed by atoms with E-state index in [1.165, 1.54) is 10.8 Å². The molecule has 2 aromatic carbocycles. The first-order valence-corrected chi connectivity index (χ1v) is 15.9. The van der Waals surface area contributed by atoms with Crippen LogP contribution in [0.4, 0.5) is 14.0 Å². The van der Waals surface area contributed by atoms with Gasteiger partial charge in [0, 0.05) is 37.6 Å². The van der Waals surface area contributed by atoms with Crippen molar-refractivity contribution in [2.75, 3.05) is 19.6 Å². The van der Waals surface area contributed by atoms with E-state index >= 15 is 0 Å². The molecule has 1 saturated heterocycles. The number of nitrogens with one attached hydrogen (secondary N) is 1. The average molecular weight is 645 g/mol. The SMILES string of the molecule is Cc1cc(-n2nc3c(c2-n2cc[nH]c2=O)[C@H](C)N(C(=O)OCc2ccccc2)CC32CCCN(C(=O)OC(C)(C)C)C2)cc(C)c1F. The molecule has 2 aromatic heterocycles. The van der Waals surface area contributed by atoms with Gasteiger partial charge in [-0.3, -0.25) is 4.57 Å². The van der Waals surface area contributed by atoms with Crippen molar-refractivity contribution in [2.24, 2.45) is 0 Å². The fourth-order valence-corrected chi connectivity index (χ4v) is 6.80. The van der Waals surface area contributed by atoms with Crippen LogP contribution in [0.2, 0.25) is 0 Å². The van der Waals surface area contributed by atoms with E-state index in [4.69, 9.17) is 14.6 Å². The first kappa shape index (κ1) is 32.1. The van der Waals surface area contributed by atoms with Crippen LogP contribution in [0.1, 0.15) is 74.5 Å². The summed E-state index contributed by atoms with van der Waals surface area (Å²) in [6.45, 7) is 11.8. The summed E-state index contributed by atoms with van der Waals surface area (Å²) in [6, 6.07) is 12.3.